The summed E-state index contributed by atoms with van der Waals surface area (Å²) in [6.45, 7) is 2.27. The minimum absolute atomic E-state index is 0.338. The molecule has 2 N–H and O–H groups in total. The second-order valence-corrected chi connectivity index (χ2v) is 8.07. The Balaban J connectivity index is 1.65. The molecule has 0 spiro atoms. The number of rotatable bonds is 4. The number of aromatic nitrogens is 1. The third-order valence-electron chi connectivity index (χ3n) is 4.29. The molecule has 1 unspecified atom stereocenters. The van der Waals surface area contributed by atoms with Gasteiger partial charge in [-0.2, -0.15) is 0 Å². The molecule has 1 aromatic heterocycles. The van der Waals surface area contributed by atoms with Crippen LogP contribution in [-0.2, 0) is 16.4 Å². The van der Waals surface area contributed by atoms with E-state index < -0.39 is 10.0 Å². The lowest BCUT2D eigenvalue weighted by Gasteiger charge is -2.33. The lowest BCUT2D eigenvalue weighted by Crippen LogP contribution is -2.46. The molecule has 2 saturated heterocycles. The minimum Gasteiger partial charge on any atom is -0.264 e. The zero-order valence-corrected chi connectivity index (χ0v) is 12.8. The molecule has 0 amide bonds. The van der Waals surface area contributed by atoms with E-state index in [4.69, 9.17) is 0 Å². The predicted molar refractivity (Wildman–Crippen MR) is 81.0 cm³/mol. The maximum Gasteiger partial charge on any atom is 0.219 e. The fourth-order valence-corrected chi connectivity index (χ4v) is 4.95. The number of nitrogens with zero attached hydrogens (tertiary/aromatic N) is 2. The number of nitrogens with one attached hydrogen (secondary N) is 2. The summed E-state index contributed by atoms with van der Waals surface area (Å²) in [4.78, 5) is 4.13. The van der Waals surface area contributed by atoms with Gasteiger partial charge >= 0.3 is 0 Å². The van der Waals surface area contributed by atoms with Crippen molar-refractivity contribution < 1.29 is 8.42 Å². The lowest BCUT2D eigenvalue weighted by molar-refractivity contribution is 0.263. The Bertz CT molecular complexity index is 558. The second kappa shape index (κ2) is 6.39. The van der Waals surface area contributed by atoms with E-state index in [2.05, 4.69) is 21.9 Å². The molecule has 3 heterocycles. The number of piperidine rings is 1. The Morgan fingerprint density at radius 3 is 2.86 bits per heavy atom. The van der Waals surface area contributed by atoms with Crippen molar-refractivity contribution in [3.8, 4) is 0 Å². The topological polar surface area (TPSA) is 74.3 Å². The van der Waals surface area contributed by atoms with Crippen LogP contribution in [0.2, 0.25) is 0 Å². The zero-order valence-electron chi connectivity index (χ0n) is 12.0. The van der Waals surface area contributed by atoms with Crippen molar-refractivity contribution in [2.45, 2.75) is 24.5 Å². The molecule has 6 nitrogen and oxygen atoms in total. The zero-order chi connectivity index (χ0) is 14.7. The van der Waals surface area contributed by atoms with Crippen LogP contribution in [0.1, 0.15) is 18.4 Å². The summed E-state index contributed by atoms with van der Waals surface area (Å²) in [5.41, 5.74) is 7.00. The Morgan fingerprint density at radius 1 is 1.33 bits per heavy atom. The van der Waals surface area contributed by atoms with Crippen molar-refractivity contribution >= 4 is 10.0 Å². The SMILES string of the molecule is O=S(=O)(C1CNNC1)N1CCCC(Cc2cccnc2)C1. The van der Waals surface area contributed by atoms with Crippen molar-refractivity contribution in [1.82, 2.24) is 20.1 Å². The second-order valence-electron chi connectivity index (χ2n) is 5.86. The highest BCUT2D eigenvalue weighted by molar-refractivity contribution is 7.89. The van der Waals surface area contributed by atoms with Crippen LogP contribution in [0.4, 0.5) is 0 Å². The quantitative estimate of drug-likeness (QED) is 0.828. The van der Waals surface area contributed by atoms with Gasteiger partial charge in [0.25, 0.3) is 0 Å². The number of hydrogen-bond acceptors (Lipinski definition) is 5. The lowest BCUT2D eigenvalue weighted by atomic mass is 9.93. The minimum atomic E-state index is -3.19. The molecule has 21 heavy (non-hydrogen) atoms. The first-order valence-corrected chi connectivity index (χ1v) is 9.00. The van der Waals surface area contributed by atoms with Gasteiger partial charge in [0.15, 0.2) is 0 Å². The summed E-state index contributed by atoms with van der Waals surface area (Å²) in [6, 6.07) is 3.99. The van der Waals surface area contributed by atoms with Crippen LogP contribution in [0, 0.1) is 5.92 Å². The van der Waals surface area contributed by atoms with Gasteiger partial charge in [-0.25, -0.2) is 12.7 Å². The van der Waals surface area contributed by atoms with Crippen molar-refractivity contribution in [3.63, 3.8) is 0 Å². The highest BCUT2D eigenvalue weighted by atomic mass is 32.2. The van der Waals surface area contributed by atoms with Crippen LogP contribution in [0.15, 0.2) is 24.5 Å². The van der Waals surface area contributed by atoms with Gasteiger partial charge < -0.3 is 0 Å². The molecule has 0 bridgehead atoms. The first-order valence-electron chi connectivity index (χ1n) is 7.50. The van der Waals surface area contributed by atoms with Crippen LogP contribution in [-0.4, -0.2) is 49.1 Å². The molecule has 0 radical (unpaired) electrons. The molecule has 3 rings (SSSR count). The highest BCUT2D eigenvalue weighted by Gasteiger charge is 2.36. The van der Waals surface area contributed by atoms with E-state index in [9.17, 15) is 8.42 Å². The van der Waals surface area contributed by atoms with Gasteiger partial charge in [0, 0.05) is 38.6 Å². The van der Waals surface area contributed by atoms with E-state index in [1.165, 1.54) is 5.56 Å². The van der Waals surface area contributed by atoms with Crippen molar-refractivity contribution in [2.75, 3.05) is 26.2 Å². The Labute approximate surface area is 126 Å². The molecule has 1 aromatic rings. The van der Waals surface area contributed by atoms with Gasteiger partial charge in [-0.3, -0.25) is 15.8 Å². The maximum absolute atomic E-state index is 12.6. The summed E-state index contributed by atoms with van der Waals surface area (Å²) in [6.07, 6.45) is 6.57. The average Bonchev–Trinajstić information content (AvgIpc) is 3.04. The van der Waals surface area contributed by atoms with Crippen molar-refractivity contribution in [3.05, 3.63) is 30.1 Å². The van der Waals surface area contributed by atoms with Gasteiger partial charge in [-0.1, -0.05) is 6.07 Å². The first kappa shape index (κ1) is 14.9. The summed E-state index contributed by atoms with van der Waals surface area (Å²) < 4.78 is 26.9. The highest BCUT2D eigenvalue weighted by Crippen LogP contribution is 2.24. The molecule has 0 aromatic carbocycles. The van der Waals surface area contributed by atoms with Crippen LogP contribution >= 0.6 is 0 Å². The van der Waals surface area contributed by atoms with Gasteiger partial charge in [0.05, 0.1) is 0 Å². The normalized spacial score (nSPS) is 25.2. The van der Waals surface area contributed by atoms with Gasteiger partial charge in [0.2, 0.25) is 10.0 Å². The fourth-order valence-electron chi connectivity index (χ4n) is 3.14. The van der Waals surface area contributed by atoms with E-state index in [1.807, 2.05) is 12.3 Å². The predicted octanol–water partition coefficient (Wildman–Crippen LogP) is 0.142. The standard InChI is InChI=1S/C14H22N4O2S/c19-21(20,14-9-16-17-10-14)18-6-2-4-13(11-18)7-12-3-1-5-15-8-12/h1,3,5,8,13-14,16-17H,2,4,6-7,9-11H2. The molecule has 116 valence electrons. The summed E-state index contributed by atoms with van der Waals surface area (Å²) in [5.74, 6) is 0.389. The molecule has 7 heteroatoms. The third kappa shape index (κ3) is 3.42. The molecule has 2 aliphatic rings. The average molecular weight is 310 g/mol. The van der Waals surface area contributed by atoms with E-state index in [0.29, 0.717) is 32.1 Å². The largest absolute Gasteiger partial charge is 0.264 e. The first-order chi connectivity index (χ1) is 10.2. The third-order valence-corrected chi connectivity index (χ3v) is 6.52. The molecular formula is C14H22N4O2S. The Morgan fingerprint density at radius 2 is 2.14 bits per heavy atom. The van der Waals surface area contributed by atoms with Crippen LogP contribution < -0.4 is 10.9 Å². The Hall–Kier alpha value is -1.02. The molecule has 0 aliphatic carbocycles. The summed E-state index contributed by atoms with van der Waals surface area (Å²) in [7, 11) is -3.19. The summed E-state index contributed by atoms with van der Waals surface area (Å²) >= 11 is 0. The molecule has 0 saturated carbocycles. The van der Waals surface area contributed by atoms with Gasteiger partial charge in [0.1, 0.15) is 5.25 Å². The molecule has 1 atom stereocenters. The number of pyridine rings is 1. The van der Waals surface area contributed by atoms with Crippen LogP contribution in [0.25, 0.3) is 0 Å². The van der Waals surface area contributed by atoms with Crippen molar-refractivity contribution in [2.24, 2.45) is 5.92 Å². The van der Waals surface area contributed by atoms with E-state index in [-0.39, 0.29) is 5.25 Å². The van der Waals surface area contributed by atoms with Gasteiger partial charge in [-0.05, 0) is 36.8 Å². The van der Waals surface area contributed by atoms with E-state index >= 15 is 0 Å². The fraction of sp³-hybridized carbons (Fsp3) is 0.643. The Kier molecular flexibility index (Phi) is 4.54. The number of hydrogen-bond donors (Lipinski definition) is 2. The molecule has 2 aliphatic heterocycles. The molecular weight excluding hydrogens is 288 g/mol. The monoisotopic (exact) mass is 310 g/mol. The van der Waals surface area contributed by atoms with E-state index in [1.54, 1.807) is 10.5 Å². The van der Waals surface area contributed by atoms with Crippen molar-refractivity contribution in [1.29, 1.82) is 0 Å². The number of hydrazine groups is 1. The van der Waals surface area contributed by atoms with Crippen LogP contribution in [0.5, 0.6) is 0 Å². The maximum atomic E-state index is 12.6. The van der Waals surface area contributed by atoms with Crippen LogP contribution in [0.3, 0.4) is 0 Å². The summed E-state index contributed by atoms with van der Waals surface area (Å²) in [5, 5.41) is -0.338. The van der Waals surface area contributed by atoms with E-state index in [0.717, 1.165) is 19.3 Å². The molecule has 2 fully saturated rings. The number of sulfonamides is 1. The smallest absolute Gasteiger partial charge is 0.219 e. The van der Waals surface area contributed by atoms with Gasteiger partial charge in [-0.15, -0.1) is 0 Å².